The topological polar surface area (TPSA) is 48.9 Å². The maximum Gasteiger partial charge on any atom is 0.191 e. The van der Waals surface area contributed by atoms with Crippen molar-refractivity contribution >= 4 is 23.4 Å². The number of anilines is 1. The number of aliphatic imine (C=N–C) groups is 1. The summed E-state index contributed by atoms with van der Waals surface area (Å²) in [5, 5.41) is 6.66. The molecule has 2 aromatic carbocycles. The van der Waals surface area contributed by atoms with Gasteiger partial charge in [0.2, 0.25) is 0 Å². The maximum absolute atomic E-state index is 13.6. The van der Waals surface area contributed by atoms with Gasteiger partial charge in [-0.15, -0.1) is 0 Å². The van der Waals surface area contributed by atoms with Gasteiger partial charge >= 0.3 is 0 Å². The third-order valence-electron chi connectivity index (χ3n) is 4.99. The van der Waals surface area contributed by atoms with Crippen LogP contribution in [0.2, 0.25) is 0 Å². The summed E-state index contributed by atoms with van der Waals surface area (Å²) in [5.41, 5.74) is 4.50. The Hall–Kier alpha value is -2.25. The monoisotopic (exact) mass is 430 g/mol. The molecule has 162 valence electrons. The number of halogens is 1. The highest BCUT2D eigenvalue weighted by molar-refractivity contribution is 7.97. The average Bonchev–Trinajstić information content (AvgIpc) is 2.78. The van der Waals surface area contributed by atoms with Crippen LogP contribution in [0.15, 0.2) is 47.5 Å². The zero-order chi connectivity index (χ0) is 21.2. The largest absolute Gasteiger partial charge is 0.378 e. The average molecular weight is 431 g/mol. The predicted octanol–water partition coefficient (Wildman–Crippen LogP) is 3.78. The lowest BCUT2D eigenvalue weighted by atomic mass is 10.1. The molecule has 1 heterocycles. The zero-order valence-corrected chi connectivity index (χ0v) is 18.6. The number of ether oxygens (including phenoxy) is 1. The number of rotatable bonds is 8. The van der Waals surface area contributed by atoms with Crippen molar-refractivity contribution in [1.29, 1.82) is 0 Å². The smallest absolute Gasteiger partial charge is 0.191 e. The summed E-state index contributed by atoms with van der Waals surface area (Å²) in [5.74, 6) is 1.36. The van der Waals surface area contributed by atoms with E-state index in [2.05, 4.69) is 39.8 Å². The molecule has 1 aliphatic heterocycles. The van der Waals surface area contributed by atoms with Crippen molar-refractivity contribution in [3.8, 4) is 0 Å². The molecule has 0 atom stereocenters. The number of guanidine groups is 1. The van der Waals surface area contributed by atoms with Crippen molar-refractivity contribution in [2.75, 3.05) is 44.0 Å². The van der Waals surface area contributed by atoms with E-state index in [1.165, 1.54) is 11.8 Å². The Labute approximate surface area is 183 Å². The zero-order valence-electron chi connectivity index (χ0n) is 17.8. The Kier molecular flexibility index (Phi) is 8.83. The van der Waals surface area contributed by atoms with E-state index in [9.17, 15) is 4.39 Å². The molecule has 30 heavy (non-hydrogen) atoms. The molecule has 0 saturated carbocycles. The first-order valence-corrected chi connectivity index (χ1v) is 11.8. The molecule has 2 N–H and O–H groups in total. The van der Waals surface area contributed by atoms with Crippen LogP contribution in [-0.2, 0) is 23.6 Å². The Balaban J connectivity index is 1.60. The number of hydrogen-bond donors (Lipinski definition) is 2. The molecule has 1 saturated heterocycles. The van der Waals surface area contributed by atoms with Gasteiger partial charge < -0.3 is 20.3 Å². The fourth-order valence-electron chi connectivity index (χ4n) is 3.38. The van der Waals surface area contributed by atoms with Gasteiger partial charge in [-0.2, -0.15) is 11.8 Å². The summed E-state index contributed by atoms with van der Waals surface area (Å²) < 4.78 is 19.0. The Morgan fingerprint density at radius 2 is 1.87 bits per heavy atom. The van der Waals surface area contributed by atoms with Gasteiger partial charge in [0.25, 0.3) is 0 Å². The number of thioether (sulfide) groups is 1. The van der Waals surface area contributed by atoms with E-state index in [1.807, 2.05) is 19.2 Å². The highest BCUT2D eigenvalue weighted by atomic mass is 32.2. The Bertz CT molecular complexity index is 822. The molecule has 1 fully saturated rings. The van der Waals surface area contributed by atoms with Gasteiger partial charge in [-0.25, -0.2) is 9.38 Å². The molecular weight excluding hydrogens is 399 g/mol. The van der Waals surface area contributed by atoms with Crippen LogP contribution in [0.25, 0.3) is 0 Å². The summed E-state index contributed by atoms with van der Waals surface area (Å²) >= 11 is 1.69. The minimum absolute atomic E-state index is 0.191. The second-order valence-electron chi connectivity index (χ2n) is 7.16. The van der Waals surface area contributed by atoms with Gasteiger partial charge in [0.15, 0.2) is 5.96 Å². The number of benzene rings is 2. The predicted molar refractivity (Wildman–Crippen MR) is 125 cm³/mol. The maximum atomic E-state index is 13.6. The van der Waals surface area contributed by atoms with Gasteiger partial charge in [0.05, 0.1) is 19.8 Å². The van der Waals surface area contributed by atoms with E-state index in [0.29, 0.717) is 13.1 Å². The van der Waals surface area contributed by atoms with Gasteiger partial charge in [0.1, 0.15) is 5.82 Å². The highest BCUT2D eigenvalue weighted by Crippen LogP contribution is 2.18. The van der Waals surface area contributed by atoms with Crippen LogP contribution >= 0.6 is 11.8 Å². The SMILES string of the molecule is CCNC(=NCc1ccc(N2CCOCC2)cc1)NCc1ccc(F)cc1CSC. The van der Waals surface area contributed by atoms with Crippen molar-refractivity contribution in [2.45, 2.75) is 25.8 Å². The summed E-state index contributed by atoms with van der Waals surface area (Å²) in [6.45, 7) is 7.49. The molecule has 0 aliphatic carbocycles. The van der Waals surface area contributed by atoms with Crippen molar-refractivity contribution < 1.29 is 9.13 Å². The van der Waals surface area contributed by atoms with Gasteiger partial charge in [-0.3, -0.25) is 0 Å². The van der Waals surface area contributed by atoms with Crippen molar-refractivity contribution in [3.63, 3.8) is 0 Å². The molecular formula is C23H31FN4OS. The molecule has 5 nitrogen and oxygen atoms in total. The van der Waals surface area contributed by atoms with Gasteiger partial charge in [0, 0.05) is 37.6 Å². The Morgan fingerprint density at radius 3 is 2.57 bits per heavy atom. The molecule has 3 rings (SSSR count). The van der Waals surface area contributed by atoms with E-state index < -0.39 is 0 Å². The normalized spacial score (nSPS) is 14.6. The van der Waals surface area contributed by atoms with Crippen LogP contribution in [0, 0.1) is 5.82 Å². The first kappa shape index (κ1) is 22.4. The number of nitrogens with one attached hydrogen (secondary N) is 2. The molecule has 2 aromatic rings. The quantitative estimate of drug-likeness (QED) is 0.493. The molecule has 0 spiro atoms. The van der Waals surface area contributed by atoms with Gasteiger partial charge in [-0.05, 0) is 54.1 Å². The summed E-state index contributed by atoms with van der Waals surface area (Å²) in [6.07, 6.45) is 2.03. The van der Waals surface area contributed by atoms with Crippen LogP contribution in [0.1, 0.15) is 23.6 Å². The minimum Gasteiger partial charge on any atom is -0.378 e. The third kappa shape index (κ3) is 6.64. The lowest BCUT2D eigenvalue weighted by Gasteiger charge is -2.28. The highest BCUT2D eigenvalue weighted by Gasteiger charge is 2.11. The van der Waals surface area contributed by atoms with E-state index in [0.717, 1.165) is 61.3 Å². The van der Waals surface area contributed by atoms with Crippen LogP contribution in [0.4, 0.5) is 10.1 Å². The number of hydrogen-bond acceptors (Lipinski definition) is 4. The summed E-state index contributed by atoms with van der Waals surface area (Å²) in [7, 11) is 0. The summed E-state index contributed by atoms with van der Waals surface area (Å²) in [6, 6.07) is 13.6. The second kappa shape index (κ2) is 11.8. The van der Waals surface area contributed by atoms with E-state index in [-0.39, 0.29) is 5.82 Å². The number of nitrogens with zero attached hydrogens (tertiary/aromatic N) is 2. The standard InChI is InChI=1S/C23H31FN4OS/c1-3-25-23(27-16-19-6-7-21(24)14-20(19)17-30-2)26-15-18-4-8-22(9-5-18)28-10-12-29-13-11-28/h4-9,14H,3,10-13,15-17H2,1-2H3,(H2,25,26,27). The molecule has 0 aromatic heterocycles. The number of morpholine rings is 1. The van der Waals surface area contributed by atoms with Crippen LogP contribution < -0.4 is 15.5 Å². The van der Waals surface area contributed by atoms with Crippen LogP contribution in [0.5, 0.6) is 0 Å². The second-order valence-corrected chi connectivity index (χ2v) is 8.03. The molecule has 0 radical (unpaired) electrons. The van der Waals surface area contributed by atoms with E-state index in [1.54, 1.807) is 17.8 Å². The summed E-state index contributed by atoms with van der Waals surface area (Å²) in [4.78, 5) is 7.06. The lowest BCUT2D eigenvalue weighted by Crippen LogP contribution is -2.37. The van der Waals surface area contributed by atoms with E-state index >= 15 is 0 Å². The van der Waals surface area contributed by atoms with Crippen LogP contribution in [-0.4, -0.2) is 45.1 Å². The molecule has 0 bridgehead atoms. The molecule has 7 heteroatoms. The fraction of sp³-hybridized carbons (Fsp3) is 0.435. The van der Waals surface area contributed by atoms with Crippen molar-refractivity contribution in [2.24, 2.45) is 4.99 Å². The molecule has 0 amide bonds. The fourth-order valence-corrected chi connectivity index (χ4v) is 3.96. The molecule has 1 aliphatic rings. The van der Waals surface area contributed by atoms with E-state index in [4.69, 9.17) is 9.73 Å². The molecule has 0 unspecified atom stereocenters. The lowest BCUT2D eigenvalue weighted by molar-refractivity contribution is 0.122. The van der Waals surface area contributed by atoms with Crippen LogP contribution in [0.3, 0.4) is 0 Å². The van der Waals surface area contributed by atoms with Crippen molar-refractivity contribution in [1.82, 2.24) is 10.6 Å². The van der Waals surface area contributed by atoms with Gasteiger partial charge in [-0.1, -0.05) is 18.2 Å². The Morgan fingerprint density at radius 1 is 1.10 bits per heavy atom. The third-order valence-corrected chi connectivity index (χ3v) is 5.59. The minimum atomic E-state index is -0.191. The van der Waals surface area contributed by atoms with Crippen molar-refractivity contribution in [3.05, 3.63) is 65.0 Å². The first-order chi connectivity index (χ1) is 14.7. The first-order valence-electron chi connectivity index (χ1n) is 10.4.